The van der Waals surface area contributed by atoms with Crippen LogP contribution in [0.25, 0.3) is 0 Å². The summed E-state index contributed by atoms with van der Waals surface area (Å²) < 4.78 is 7.65. The second-order valence-electron chi connectivity index (χ2n) is 4.81. The van der Waals surface area contributed by atoms with Crippen LogP contribution in [0.4, 0.5) is 0 Å². The van der Waals surface area contributed by atoms with Gasteiger partial charge in [-0.05, 0) is 19.1 Å². The van der Waals surface area contributed by atoms with Gasteiger partial charge in [0.2, 0.25) is 0 Å². The lowest BCUT2D eigenvalue weighted by atomic mass is 10.3. The third kappa shape index (κ3) is 4.04. The Kier molecular flexibility index (Phi) is 5.20. The third-order valence-corrected chi connectivity index (χ3v) is 5.61. The highest BCUT2D eigenvalue weighted by molar-refractivity contribution is 7.98. The van der Waals surface area contributed by atoms with Crippen LogP contribution in [0, 0.1) is 6.92 Å². The number of thioether (sulfide) groups is 1. The molecule has 0 aliphatic rings. The van der Waals surface area contributed by atoms with Crippen molar-refractivity contribution in [2.24, 2.45) is 7.05 Å². The van der Waals surface area contributed by atoms with E-state index in [4.69, 9.17) is 16.3 Å². The minimum Gasteiger partial charge on any atom is -0.484 e. The number of hydrogen-bond donors (Lipinski definition) is 0. The van der Waals surface area contributed by atoms with Gasteiger partial charge in [0.25, 0.3) is 0 Å². The highest BCUT2D eigenvalue weighted by Gasteiger charge is 2.11. The van der Waals surface area contributed by atoms with E-state index in [9.17, 15) is 0 Å². The molecule has 0 N–H and O–H groups in total. The average Bonchev–Trinajstić information content (AvgIpc) is 3.11. The fourth-order valence-electron chi connectivity index (χ4n) is 1.91. The zero-order valence-corrected chi connectivity index (χ0v) is 15.1. The van der Waals surface area contributed by atoms with Gasteiger partial charge in [0.15, 0.2) is 11.0 Å². The van der Waals surface area contributed by atoms with E-state index < -0.39 is 0 Å². The molecular weight excluding hydrogens is 352 g/mol. The van der Waals surface area contributed by atoms with Gasteiger partial charge >= 0.3 is 0 Å². The minimum absolute atomic E-state index is 0.327. The molecule has 0 bridgehead atoms. The smallest absolute Gasteiger partial charge is 0.191 e. The molecule has 0 unspecified atom stereocenters. The van der Waals surface area contributed by atoms with Crippen LogP contribution >= 0.6 is 34.7 Å². The highest BCUT2D eigenvalue weighted by Crippen LogP contribution is 2.26. The molecule has 0 saturated carbocycles. The Morgan fingerprint density at radius 3 is 2.87 bits per heavy atom. The van der Waals surface area contributed by atoms with E-state index in [0.29, 0.717) is 17.4 Å². The van der Waals surface area contributed by atoms with Gasteiger partial charge in [-0.2, -0.15) is 0 Å². The van der Waals surface area contributed by atoms with Crippen LogP contribution in [0.5, 0.6) is 5.75 Å². The van der Waals surface area contributed by atoms with E-state index in [0.717, 1.165) is 21.7 Å². The molecule has 3 rings (SSSR count). The maximum Gasteiger partial charge on any atom is 0.191 e. The summed E-state index contributed by atoms with van der Waals surface area (Å²) in [5, 5.41) is 10.9. The Morgan fingerprint density at radius 1 is 1.30 bits per heavy atom. The quantitative estimate of drug-likeness (QED) is 0.614. The van der Waals surface area contributed by atoms with Gasteiger partial charge in [0.05, 0.1) is 10.0 Å². The molecule has 0 atom stereocenters. The van der Waals surface area contributed by atoms with Crippen LogP contribution in [0.15, 0.2) is 35.6 Å². The first kappa shape index (κ1) is 16.3. The summed E-state index contributed by atoms with van der Waals surface area (Å²) in [6.07, 6.45) is 1.91. The van der Waals surface area contributed by atoms with Crippen LogP contribution in [0.1, 0.15) is 15.7 Å². The summed E-state index contributed by atoms with van der Waals surface area (Å²) in [7, 11) is 1.94. The van der Waals surface area contributed by atoms with E-state index >= 15 is 0 Å². The molecule has 120 valence electrons. The summed E-state index contributed by atoms with van der Waals surface area (Å²) in [6, 6.07) is 7.38. The van der Waals surface area contributed by atoms with Gasteiger partial charge in [-0.1, -0.05) is 35.5 Å². The molecule has 2 heterocycles. The SMILES string of the molecule is Cc1ncc(CSc2nnc(COc3ccccc3Cl)n2C)s1. The predicted octanol–water partition coefficient (Wildman–Crippen LogP) is 4.10. The Bertz CT molecular complexity index is 802. The topological polar surface area (TPSA) is 52.8 Å². The number of ether oxygens (including phenoxy) is 1. The number of aryl methyl sites for hydroxylation is 1. The third-order valence-electron chi connectivity index (χ3n) is 3.13. The maximum absolute atomic E-state index is 6.08. The molecule has 8 heteroatoms. The van der Waals surface area contributed by atoms with E-state index in [1.54, 1.807) is 29.2 Å². The Hall–Kier alpha value is -1.57. The summed E-state index contributed by atoms with van der Waals surface area (Å²) in [6.45, 7) is 2.33. The van der Waals surface area contributed by atoms with Gasteiger partial charge in [-0.15, -0.1) is 21.5 Å². The molecule has 1 aromatic carbocycles. The van der Waals surface area contributed by atoms with Crippen molar-refractivity contribution in [1.82, 2.24) is 19.7 Å². The summed E-state index contributed by atoms with van der Waals surface area (Å²) in [5.41, 5.74) is 0. The first-order valence-electron chi connectivity index (χ1n) is 6.93. The molecule has 0 fully saturated rings. The second kappa shape index (κ2) is 7.33. The van der Waals surface area contributed by atoms with Gasteiger partial charge < -0.3 is 9.30 Å². The molecule has 3 aromatic rings. The number of rotatable bonds is 6. The number of nitrogens with zero attached hydrogens (tertiary/aromatic N) is 4. The second-order valence-corrected chi connectivity index (χ2v) is 7.48. The van der Waals surface area contributed by atoms with Crippen molar-refractivity contribution >= 4 is 34.7 Å². The zero-order valence-electron chi connectivity index (χ0n) is 12.7. The monoisotopic (exact) mass is 366 g/mol. The molecule has 0 aliphatic carbocycles. The van der Waals surface area contributed by atoms with Crippen molar-refractivity contribution in [3.8, 4) is 5.75 Å². The molecule has 0 aliphatic heterocycles. The molecule has 0 amide bonds. The molecule has 0 spiro atoms. The minimum atomic E-state index is 0.327. The number of thiazole rings is 1. The van der Waals surface area contributed by atoms with Crippen molar-refractivity contribution in [1.29, 1.82) is 0 Å². The highest BCUT2D eigenvalue weighted by atomic mass is 35.5. The molecule has 0 saturated heterocycles. The molecular formula is C15H15ClN4OS2. The molecule has 2 aromatic heterocycles. The van der Waals surface area contributed by atoms with Crippen LogP contribution in [-0.4, -0.2) is 19.7 Å². The fraction of sp³-hybridized carbons (Fsp3) is 0.267. The number of hydrogen-bond acceptors (Lipinski definition) is 6. The summed E-state index contributed by atoms with van der Waals surface area (Å²) >= 11 is 9.42. The summed E-state index contributed by atoms with van der Waals surface area (Å²) in [5.74, 6) is 2.24. The van der Waals surface area contributed by atoms with Crippen molar-refractivity contribution in [2.75, 3.05) is 0 Å². The molecule has 0 radical (unpaired) electrons. The van der Waals surface area contributed by atoms with E-state index in [2.05, 4.69) is 15.2 Å². The fourth-order valence-corrected chi connectivity index (χ4v) is 3.84. The van der Waals surface area contributed by atoms with E-state index in [1.165, 1.54) is 4.88 Å². The number of aromatic nitrogens is 4. The Labute approximate surface area is 147 Å². The maximum atomic E-state index is 6.08. The van der Waals surface area contributed by atoms with Crippen LogP contribution in [0.2, 0.25) is 5.02 Å². The molecule has 5 nitrogen and oxygen atoms in total. The van der Waals surface area contributed by atoms with Crippen molar-refractivity contribution in [3.63, 3.8) is 0 Å². The standard InChI is InChI=1S/C15H15ClN4OS2/c1-10-17-7-11(23-10)9-22-15-19-18-14(20(15)2)8-21-13-6-4-3-5-12(13)16/h3-7H,8-9H2,1-2H3. The van der Waals surface area contributed by atoms with Gasteiger partial charge in [0, 0.05) is 23.9 Å². The first-order valence-corrected chi connectivity index (χ1v) is 9.11. The first-order chi connectivity index (χ1) is 11.1. The zero-order chi connectivity index (χ0) is 16.2. The van der Waals surface area contributed by atoms with Crippen LogP contribution < -0.4 is 4.74 Å². The normalized spacial score (nSPS) is 10.9. The van der Waals surface area contributed by atoms with E-state index in [-0.39, 0.29) is 0 Å². The van der Waals surface area contributed by atoms with Crippen molar-refractivity contribution < 1.29 is 4.74 Å². The van der Waals surface area contributed by atoms with Crippen molar-refractivity contribution in [3.05, 3.63) is 51.2 Å². The lowest BCUT2D eigenvalue weighted by Gasteiger charge is -2.07. The lowest BCUT2D eigenvalue weighted by Crippen LogP contribution is -2.04. The lowest BCUT2D eigenvalue weighted by molar-refractivity contribution is 0.290. The van der Waals surface area contributed by atoms with Crippen LogP contribution in [0.3, 0.4) is 0 Å². The average molecular weight is 367 g/mol. The van der Waals surface area contributed by atoms with Gasteiger partial charge in [-0.25, -0.2) is 4.98 Å². The van der Waals surface area contributed by atoms with Gasteiger partial charge in [0.1, 0.15) is 12.4 Å². The van der Waals surface area contributed by atoms with Gasteiger partial charge in [-0.3, -0.25) is 0 Å². The number of halogens is 1. The summed E-state index contributed by atoms with van der Waals surface area (Å²) in [4.78, 5) is 5.48. The molecule has 23 heavy (non-hydrogen) atoms. The van der Waals surface area contributed by atoms with Crippen molar-refractivity contribution in [2.45, 2.75) is 24.4 Å². The van der Waals surface area contributed by atoms with Crippen LogP contribution in [-0.2, 0) is 19.4 Å². The number of benzene rings is 1. The largest absolute Gasteiger partial charge is 0.484 e. The number of para-hydroxylation sites is 1. The Balaban J connectivity index is 1.61. The van der Waals surface area contributed by atoms with E-state index in [1.807, 2.05) is 42.9 Å². The predicted molar refractivity (Wildman–Crippen MR) is 93.2 cm³/mol. The Morgan fingerprint density at radius 2 is 2.13 bits per heavy atom.